The quantitative estimate of drug-likeness (QED) is 0.795. The van der Waals surface area contributed by atoms with Gasteiger partial charge in [0.05, 0.1) is 17.9 Å². The second-order valence-corrected chi connectivity index (χ2v) is 4.55. The zero-order valence-electron chi connectivity index (χ0n) is 8.52. The van der Waals surface area contributed by atoms with Crippen LogP contribution in [-0.4, -0.2) is 20.6 Å². The summed E-state index contributed by atoms with van der Waals surface area (Å²) in [7, 11) is 0. The molecule has 0 saturated heterocycles. The van der Waals surface area contributed by atoms with Crippen molar-refractivity contribution in [2.75, 3.05) is 0 Å². The van der Waals surface area contributed by atoms with Crippen LogP contribution in [-0.2, 0) is 17.6 Å². The van der Waals surface area contributed by atoms with Crippen molar-refractivity contribution in [3.05, 3.63) is 17.7 Å². The van der Waals surface area contributed by atoms with Crippen LogP contribution in [0.3, 0.4) is 0 Å². The largest absolute Gasteiger partial charge is 0.481 e. The number of rotatable bonds is 2. The molecule has 1 aromatic heterocycles. The minimum Gasteiger partial charge on any atom is -0.481 e. The Morgan fingerprint density at radius 2 is 2.27 bits per heavy atom. The molecule has 1 unspecified atom stereocenters. The summed E-state index contributed by atoms with van der Waals surface area (Å²) in [6.45, 7) is 0. The molecule has 0 radical (unpaired) electrons. The molecule has 1 atom stereocenters. The highest BCUT2D eigenvalue weighted by atomic mass is 16.4. The maximum atomic E-state index is 11.0. The van der Waals surface area contributed by atoms with E-state index in [-0.39, 0.29) is 5.92 Å². The molecule has 0 amide bonds. The monoisotopic (exact) mass is 206 g/mol. The third-order valence-electron chi connectivity index (χ3n) is 3.44. The van der Waals surface area contributed by atoms with Crippen LogP contribution in [0.2, 0.25) is 0 Å². The van der Waals surface area contributed by atoms with Crippen LogP contribution >= 0.6 is 0 Å². The first-order valence-corrected chi connectivity index (χ1v) is 5.53. The molecule has 0 aliphatic heterocycles. The van der Waals surface area contributed by atoms with E-state index in [2.05, 4.69) is 9.55 Å². The summed E-state index contributed by atoms with van der Waals surface area (Å²) in [5.41, 5.74) is 2.30. The van der Waals surface area contributed by atoms with Crippen LogP contribution < -0.4 is 0 Å². The molecule has 4 heteroatoms. The van der Waals surface area contributed by atoms with Gasteiger partial charge in [-0.25, -0.2) is 4.98 Å². The number of aliphatic carboxylic acids is 1. The Kier molecular flexibility index (Phi) is 1.84. The van der Waals surface area contributed by atoms with Crippen molar-refractivity contribution in [3.8, 4) is 0 Å². The first kappa shape index (κ1) is 8.95. The molecule has 0 spiro atoms. The summed E-state index contributed by atoms with van der Waals surface area (Å²) in [6.07, 6.45) is 6.57. The van der Waals surface area contributed by atoms with Gasteiger partial charge in [-0.2, -0.15) is 0 Å². The number of hydrogen-bond acceptors (Lipinski definition) is 2. The number of aryl methyl sites for hydroxylation is 1. The normalized spacial score (nSPS) is 24.9. The second-order valence-electron chi connectivity index (χ2n) is 4.55. The van der Waals surface area contributed by atoms with Gasteiger partial charge < -0.3 is 9.67 Å². The first-order valence-electron chi connectivity index (χ1n) is 5.53. The van der Waals surface area contributed by atoms with E-state index in [1.165, 1.54) is 18.5 Å². The Labute approximate surface area is 87.9 Å². The minimum atomic E-state index is -0.663. The van der Waals surface area contributed by atoms with Crippen molar-refractivity contribution < 1.29 is 9.90 Å². The molecule has 1 aromatic rings. The molecule has 15 heavy (non-hydrogen) atoms. The Hall–Kier alpha value is -1.32. The van der Waals surface area contributed by atoms with Crippen molar-refractivity contribution in [2.45, 2.75) is 38.1 Å². The Morgan fingerprint density at radius 1 is 1.47 bits per heavy atom. The van der Waals surface area contributed by atoms with Crippen molar-refractivity contribution in [3.63, 3.8) is 0 Å². The zero-order valence-corrected chi connectivity index (χ0v) is 8.52. The van der Waals surface area contributed by atoms with Crippen molar-refractivity contribution in [1.29, 1.82) is 0 Å². The smallest absolute Gasteiger partial charge is 0.306 e. The van der Waals surface area contributed by atoms with Gasteiger partial charge in [0.2, 0.25) is 0 Å². The van der Waals surface area contributed by atoms with Crippen molar-refractivity contribution >= 4 is 5.97 Å². The highest BCUT2D eigenvalue weighted by molar-refractivity contribution is 5.70. The predicted molar refractivity (Wildman–Crippen MR) is 53.6 cm³/mol. The summed E-state index contributed by atoms with van der Waals surface area (Å²) >= 11 is 0. The molecule has 0 aromatic carbocycles. The van der Waals surface area contributed by atoms with E-state index in [1.807, 2.05) is 6.33 Å². The van der Waals surface area contributed by atoms with Gasteiger partial charge in [0.15, 0.2) is 0 Å². The number of carboxylic acids is 1. The third-order valence-corrected chi connectivity index (χ3v) is 3.44. The lowest BCUT2D eigenvalue weighted by atomic mass is 9.90. The number of carbonyl (C=O) groups is 1. The van der Waals surface area contributed by atoms with Crippen LogP contribution in [0.15, 0.2) is 6.33 Å². The van der Waals surface area contributed by atoms with E-state index in [0.29, 0.717) is 12.5 Å². The van der Waals surface area contributed by atoms with E-state index in [1.54, 1.807) is 0 Å². The lowest BCUT2D eigenvalue weighted by Gasteiger charge is -2.19. The second kappa shape index (κ2) is 3.08. The topological polar surface area (TPSA) is 55.1 Å². The number of fused-ring (bicyclic) bond motifs is 1. The molecule has 1 N–H and O–H groups in total. The van der Waals surface area contributed by atoms with Gasteiger partial charge in [-0.15, -0.1) is 0 Å². The van der Waals surface area contributed by atoms with Crippen LogP contribution in [0.4, 0.5) is 0 Å². The summed E-state index contributed by atoms with van der Waals surface area (Å²) in [6, 6.07) is 0.605. The van der Waals surface area contributed by atoms with Gasteiger partial charge >= 0.3 is 5.97 Å². The maximum Gasteiger partial charge on any atom is 0.306 e. The Bertz CT molecular complexity index is 407. The molecule has 80 valence electrons. The molecular weight excluding hydrogens is 192 g/mol. The number of nitrogens with zero attached hydrogens (tertiary/aromatic N) is 2. The maximum absolute atomic E-state index is 11.0. The van der Waals surface area contributed by atoms with Crippen molar-refractivity contribution in [1.82, 2.24) is 9.55 Å². The van der Waals surface area contributed by atoms with Gasteiger partial charge in [0.25, 0.3) is 0 Å². The molecular formula is C11H14N2O2. The number of hydrogen-bond donors (Lipinski definition) is 1. The van der Waals surface area contributed by atoms with Gasteiger partial charge in [-0.1, -0.05) is 0 Å². The van der Waals surface area contributed by atoms with Gasteiger partial charge in [0, 0.05) is 18.2 Å². The number of carboxylic acid groups (broad SMARTS) is 1. The first-order chi connectivity index (χ1) is 7.25. The van der Waals surface area contributed by atoms with Gasteiger partial charge in [-0.05, 0) is 25.7 Å². The number of imidazole rings is 1. The molecule has 2 aliphatic rings. The average molecular weight is 206 g/mol. The summed E-state index contributed by atoms with van der Waals surface area (Å²) < 4.78 is 2.20. The highest BCUT2D eigenvalue weighted by Crippen LogP contribution is 2.38. The highest BCUT2D eigenvalue weighted by Gasteiger charge is 2.32. The SMILES string of the molecule is O=C(O)C1CCc2ncn(C3CC3)c2C1. The lowest BCUT2D eigenvalue weighted by Crippen LogP contribution is -2.23. The summed E-state index contributed by atoms with van der Waals surface area (Å²) in [5.74, 6) is -0.865. The van der Waals surface area contributed by atoms with Crippen molar-refractivity contribution in [2.24, 2.45) is 5.92 Å². The molecule has 3 rings (SSSR count). The molecule has 1 saturated carbocycles. The summed E-state index contributed by atoms with van der Waals surface area (Å²) in [4.78, 5) is 15.3. The van der Waals surface area contributed by atoms with Gasteiger partial charge in [-0.3, -0.25) is 4.79 Å². The van der Waals surface area contributed by atoms with E-state index >= 15 is 0 Å². The van der Waals surface area contributed by atoms with Crippen LogP contribution in [0, 0.1) is 5.92 Å². The zero-order chi connectivity index (χ0) is 10.4. The fraction of sp³-hybridized carbons (Fsp3) is 0.636. The minimum absolute atomic E-state index is 0.202. The molecule has 2 aliphatic carbocycles. The van der Waals surface area contributed by atoms with E-state index in [0.717, 1.165) is 18.5 Å². The average Bonchev–Trinajstić information content (AvgIpc) is 2.98. The Balaban J connectivity index is 1.91. The van der Waals surface area contributed by atoms with Crippen LogP contribution in [0.1, 0.15) is 36.7 Å². The predicted octanol–water partition coefficient (Wildman–Crippen LogP) is 1.41. The fourth-order valence-corrected chi connectivity index (χ4v) is 2.38. The molecule has 4 nitrogen and oxygen atoms in total. The lowest BCUT2D eigenvalue weighted by molar-refractivity contribution is -0.142. The van der Waals surface area contributed by atoms with Crippen LogP contribution in [0.25, 0.3) is 0 Å². The standard InChI is InChI=1S/C11H14N2O2/c14-11(15)7-1-4-9-10(5-7)13(6-12-9)8-2-3-8/h6-8H,1-5H2,(H,14,15). The molecule has 1 heterocycles. The fourth-order valence-electron chi connectivity index (χ4n) is 2.38. The third kappa shape index (κ3) is 1.44. The molecule has 0 bridgehead atoms. The van der Waals surface area contributed by atoms with E-state index in [4.69, 9.17) is 5.11 Å². The van der Waals surface area contributed by atoms with Crippen LogP contribution in [0.5, 0.6) is 0 Å². The van der Waals surface area contributed by atoms with Gasteiger partial charge in [0.1, 0.15) is 0 Å². The van der Waals surface area contributed by atoms with E-state index in [9.17, 15) is 4.79 Å². The number of aromatic nitrogens is 2. The Morgan fingerprint density at radius 3 is 2.93 bits per heavy atom. The van der Waals surface area contributed by atoms with E-state index < -0.39 is 5.97 Å². The summed E-state index contributed by atoms with van der Waals surface area (Å²) in [5, 5.41) is 9.02. The molecule has 1 fully saturated rings.